The van der Waals surface area contributed by atoms with Crippen LogP contribution in [0.15, 0.2) is 30.6 Å². The summed E-state index contributed by atoms with van der Waals surface area (Å²) < 4.78 is 30.3. The Hall–Kier alpha value is -3.20. The van der Waals surface area contributed by atoms with Crippen LogP contribution in [-0.4, -0.2) is 45.0 Å². The lowest BCUT2D eigenvalue weighted by molar-refractivity contribution is -0.117. The third-order valence-corrected chi connectivity index (χ3v) is 6.91. The molecule has 170 valence electrons. The van der Waals surface area contributed by atoms with Crippen LogP contribution in [0.1, 0.15) is 19.8 Å². The van der Waals surface area contributed by atoms with Crippen molar-refractivity contribution in [3.8, 4) is 11.1 Å². The highest BCUT2D eigenvalue weighted by Crippen LogP contribution is 2.44. The Labute approximate surface area is 192 Å². The van der Waals surface area contributed by atoms with Gasteiger partial charge in [0.15, 0.2) is 11.6 Å². The zero-order valence-corrected chi connectivity index (χ0v) is 18.5. The fourth-order valence-electron chi connectivity index (χ4n) is 4.68. The average molecular weight is 471 g/mol. The summed E-state index contributed by atoms with van der Waals surface area (Å²) in [5.74, 6) is -0.623. The Morgan fingerprint density at radius 2 is 2.18 bits per heavy atom. The summed E-state index contributed by atoms with van der Waals surface area (Å²) >= 11 is 6.61. The summed E-state index contributed by atoms with van der Waals surface area (Å²) in [7, 11) is 0. The molecule has 2 fully saturated rings. The number of halogens is 3. The minimum absolute atomic E-state index is 0.0403. The molecule has 4 heterocycles. The molecule has 1 aliphatic heterocycles. The predicted molar refractivity (Wildman–Crippen MR) is 123 cm³/mol. The summed E-state index contributed by atoms with van der Waals surface area (Å²) in [6.07, 6.45) is 3.55. The number of fused-ring (bicyclic) bond motifs is 2. The van der Waals surface area contributed by atoms with Crippen molar-refractivity contribution >= 4 is 45.4 Å². The van der Waals surface area contributed by atoms with Gasteiger partial charge in [-0.3, -0.25) is 9.89 Å². The van der Waals surface area contributed by atoms with E-state index in [0.717, 1.165) is 24.9 Å². The zero-order chi connectivity index (χ0) is 22.9. The van der Waals surface area contributed by atoms with Crippen molar-refractivity contribution in [2.75, 3.05) is 23.3 Å². The molecule has 2 N–H and O–H groups in total. The number of amides is 1. The van der Waals surface area contributed by atoms with E-state index in [2.05, 4.69) is 27.5 Å². The monoisotopic (exact) mass is 470 g/mol. The van der Waals surface area contributed by atoms with Gasteiger partial charge in [-0.2, -0.15) is 10.2 Å². The van der Waals surface area contributed by atoms with Crippen LogP contribution in [0.3, 0.4) is 0 Å². The molecular formula is C23H21ClF2N6O. The first-order valence-corrected chi connectivity index (χ1v) is 11.3. The topological polar surface area (TPSA) is 78.3 Å². The predicted octanol–water partition coefficient (Wildman–Crippen LogP) is 4.81. The Balaban J connectivity index is 1.41. The molecule has 1 aliphatic carbocycles. The second-order valence-electron chi connectivity index (χ2n) is 9.01. The largest absolute Gasteiger partial charge is 0.367 e. The molecule has 3 aromatic heterocycles. The second kappa shape index (κ2) is 7.41. The number of pyridine rings is 1. The number of carbonyl (C=O) groups is 1. The van der Waals surface area contributed by atoms with Gasteiger partial charge in [-0.15, -0.1) is 0 Å². The van der Waals surface area contributed by atoms with Crippen molar-refractivity contribution < 1.29 is 13.6 Å². The fourth-order valence-corrected chi connectivity index (χ4v) is 4.98. The van der Waals surface area contributed by atoms with Crippen LogP contribution in [0.4, 0.5) is 20.3 Å². The van der Waals surface area contributed by atoms with Crippen molar-refractivity contribution in [2.24, 2.45) is 11.8 Å². The van der Waals surface area contributed by atoms with Crippen molar-refractivity contribution in [3.63, 3.8) is 0 Å². The van der Waals surface area contributed by atoms with Gasteiger partial charge in [-0.1, -0.05) is 18.5 Å². The van der Waals surface area contributed by atoms with E-state index in [9.17, 15) is 9.18 Å². The summed E-state index contributed by atoms with van der Waals surface area (Å²) in [4.78, 5) is 14.1. The van der Waals surface area contributed by atoms with Crippen molar-refractivity contribution in [2.45, 2.75) is 25.9 Å². The van der Waals surface area contributed by atoms with Crippen molar-refractivity contribution in [1.82, 2.24) is 19.8 Å². The molecule has 1 saturated heterocycles. The van der Waals surface area contributed by atoms with Gasteiger partial charge in [0.2, 0.25) is 5.91 Å². The van der Waals surface area contributed by atoms with Crippen molar-refractivity contribution in [1.29, 1.82) is 0 Å². The quantitative estimate of drug-likeness (QED) is 0.448. The van der Waals surface area contributed by atoms with Crippen LogP contribution in [0.2, 0.25) is 5.02 Å². The lowest BCUT2D eigenvalue weighted by atomic mass is 10.0. The van der Waals surface area contributed by atoms with E-state index in [0.29, 0.717) is 39.6 Å². The molecule has 33 heavy (non-hydrogen) atoms. The highest BCUT2D eigenvalue weighted by molar-refractivity contribution is 6.36. The number of H-pyrrole nitrogens is 1. The third-order valence-electron chi connectivity index (χ3n) is 6.56. The van der Waals surface area contributed by atoms with E-state index >= 15 is 4.39 Å². The maximum absolute atomic E-state index is 15.6. The highest BCUT2D eigenvalue weighted by atomic mass is 35.5. The molecule has 2 aliphatic rings. The summed E-state index contributed by atoms with van der Waals surface area (Å²) in [6, 6.07) is 5.30. The lowest BCUT2D eigenvalue weighted by Crippen LogP contribution is -2.21. The fraction of sp³-hybridized carbons (Fsp3) is 0.348. The Morgan fingerprint density at radius 3 is 2.91 bits per heavy atom. The molecule has 0 bridgehead atoms. The number of nitrogens with one attached hydrogen (secondary N) is 2. The van der Waals surface area contributed by atoms with Gasteiger partial charge in [-0.25, -0.2) is 13.3 Å². The summed E-state index contributed by atoms with van der Waals surface area (Å²) in [6.45, 7) is 3.68. The van der Waals surface area contributed by atoms with Gasteiger partial charge in [0.25, 0.3) is 0 Å². The number of alkyl halides is 1. The maximum Gasteiger partial charge on any atom is 0.231 e. The van der Waals surface area contributed by atoms with Gasteiger partial charge >= 0.3 is 0 Å². The molecule has 7 nitrogen and oxygen atoms in total. The summed E-state index contributed by atoms with van der Waals surface area (Å²) in [5.41, 5.74) is 3.00. The standard InChI is InChI=1S/C23H21ClF2N6O/c1-11-2-4-31(10-11)22-20(26)19(24)18(15-9-27-29-21(15)22)12-3-5-32-13(6-12)7-17(30-32)28-23(33)14-8-16(14)25/h3,5-7,9,11,14,16H,2,4,8,10H2,1H3,(H,27,29)(H,28,30,33)/t11?,14-,16+/m1/s1. The Morgan fingerprint density at radius 1 is 1.36 bits per heavy atom. The molecule has 0 spiro atoms. The summed E-state index contributed by atoms with van der Waals surface area (Å²) in [5, 5.41) is 14.9. The van der Waals surface area contributed by atoms with E-state index < -0.39 is 17.9 Å². The number of aromatic nitrogens is 4. The number of anilines is 2. The molecule has 1 amide bonds. The van der Waals surface area contributed by atoms with Gasteiger partial charge in [0, 0.05) is 36.3 Å². The van der Waals surface area contributed by atoms with E-state index in [1.54, 1.807) is 29.0 Å². The molecule has 1 aromatic carbocycles. The van der Waals surface area contributed by atoms with Crippen molar-refractivity contribution in [3.05, 3.63) is 41.4 Å². The number of aromatic amines is 1. The number of nitrogens with zero attached hydrogens (tertiary/aromatic N) is 4. The van der Waals surface area contributed by atoms with Crippen LogP contribution in [0.5, 0.6) is 0 Å². The molecule has 4 aromatic rings. The second-order valence-corrected chi connectivity index (χ2v) is 9.39. The molecule has 0 radical (unpaired) electrons. The number of carbonyl (C=O) groups excluding carboxylic acids is 1. The van der Waals surface area contributed by atoms with Gasteiger partial charge in [0.05, 0.1) is 28.2 Å². The molecule has 3 atom stereocenters. The Kier molecular flexibility index (Phi) is 4.58. The van der Waals surface area contributed by atoms with Crippen LogP contribution in [0.25, 0.3) is 27.5 Å². The smallest absolute Gasteiger partial charge is 0.231 e. The first-order chi connectivity index (χ1) is 15.9. The van der Waals surface area contributed by atoms with E-state index in [-0.39, 0.29) is 17.4 Å². The number of rotatable bonds is 4. The average Bonchev–Trinajstić information content (AvgIpc) is 3.16. The number of benzene rings is 1. The van der Waals surface area contributed by atoms with Crippen LogP contribution in [-0.2, 0) is 4.79 Å². The minimum Gasteiger partial charge on any atom is -0.367 e. The van der Waals surface area contributed by atoms with E-state index in [1.165, 1.54) is 0 Å². The molecule has 6 rings (SSSR count). The van der Waals surface area contributed by atoms with E-state index in [4.69, 9.17) is 11.6 Å². The van der Waals surface area contributed by atoms with Crippen LogP contribution >= 0.6 is 11.6 Å². The first-order valence-electron chi connectivity index (χ1n) is 10.9. The molecule has 10 heteroatoms. The number of hydrogen-bond donors (Lipinski definition) is 2. The zero-order valence-electron chi connectivity index (χ0n) is 17.8. The lowest BCUT2D eigenvalue weighted by Gasteiger charge is -2.22. The first kappa shape index (κ1) is 20.4. The van der Waals surface area contributed by atoms with Gasteiger partial charge in [0.1, 0.15) is 11.9 Å². The SMILES string of the molecule is CC1CCN(c2c(F)c(Cl)c(-c3ccn4nc(NC(=O)[C@@H]5C[C@@H]5F)cc4c3)c3cn[nH]c23)C1. The minimum atomic E-state index is -1.07. The maximum atomic E-state index is 15.6. The van der Waals surface area contributed by atoms with Crippen LogP contribution in [0, 0.1) is 17.7 Å². The Bertz CT molecular complexity index is 1420. The highest BCUT2D eigenvalue weighted by Gasteiger charge is 2.43. The third kappa shape index (κ3) is 3.33. The van der Waals surface area contributed by atoms with Crippen LogP contribution < -0.4 is 10.2 Å². The van der Waals surface area contributed by atoms with Gasteiger partial charge < -0.3 is 10.2 Å². The van der Waals surface area contributed by atoms with Gasteiger partial charge in [-0.05, 0) is 36.5 Å². The van der Waals surface area contributed by atoms with E-state index in [1.807, 2.05) is 11.0 Å². The molecular weight excluding hydrogens is 450 g/mol. The molecule has 1 unspecified atom stereocenters. The molecule has 1 saturated carbocycles. The number of hydrogen-bond acceptors (Lipinski definition) is 4. The normalized spacial score (nSPS) is 22.4.